The monoisotopic (exact) mass is 455 g/mol. The van der Waals surface area contributed by atoms with Crippen molar-refractivity contribution >= 4 is 24.1 Å². The molecule has 6 heteroatoms. The van der Waals surface area contributed by atoms with Crippen LogP contribution in [0, 0.1) is 20.8 Å². The van der Waals surface area contributed by atoms with Gasteiger partial charge in [-0.2, -0.15) is 0 Å². The molecule has 1 unspecified atom stereocenters. The van der Waals surface area contributed by atoms with E-state index in [2.05, 4.69) is 17.4 Å². The van der Waals surface area contributed by atoms with E-state index in [1.807, 2.05) is 78.8 Å². The summed E-state index contributed by atoms with van der Waals surface area (Å²) in [5.74, 6) is -0.859. The molecule has 3 aromatic carbocycles. The number of benzene rings is 3. The van der Waals surface area contributed by atoms with Crippen molar-refractivity contribution in [3.63, 3.8) is 0 Å². The Morgan fingerprint density at radius 2 is 1.44 bits per heavy atom. The van der Waals surface area contributed by atoms with E-state index >= 15 is 0 Å². The zero-order chi connectivity index (χ0) is 23.6. The van der Waals surface area contributed by atoms with Gasteiger partial charge in [0, 0.05) is 11.3 Å². The molecule has 32 heavy (non-hydrogen) atoms. The lowest BCUT2D eigenvalue weighted by Crippen LogP contribution is -2.20. The summed E-state index contributed by atoms with van der Waals surface area (Å²) in [4.78, 5) is 0. The Labute approximate surface area is 191 Å². The average Bonchev–Trinajstić information content (AvgIpc) is 2.67. The van der Waals surface area contributed by atoms with Crippen LogP contribution in [0.5, 0.6) is 5.75 Å². The van der Waals surface area contributed by atoms with Crippen LogP contribution in [0.2, 0.25) is 0 Å². The summed E-state index contributed by atoms with van der Waals surface area (Å²) in [5.41, 5.74) is 4.55. The maximum atomic E-state index is 14.4. The minimum atomic E-state index is -3.78. The minimum Gasteiger partial charge on any atom is -0.508 e. The topological polar surface area (TPSA) is 67.8 Å². The van der Waals surface area contributed by atoms with E-state index in [1.165, 1.54) is 0 Å². The summed E-state index contributed by atoms with van der Waals surface area (Å²) in [6, 6.07) is 15.4. The van der Waals surface area contributed by atoms with Crippen molar-refractivity contribution in [2.24, 2.45) is 0 Å². The van der Waals surface area contributed by atoms with Gasteiger partial charge in [-0.05, 0) is 76.4 Å². The van der Waals surface area contributed by atoms with Crippen molar-refractivity contribution in [3.05, 3.63) is 70.8 Å². The van der Waals surface area contributed by atoms with Crippen LogP contribution in [0.15, 0.2) is 48.5 Å². The number of fused-ring (bicyclic) bond motifs is 1. The molecule has 0 aliphatic carbocycles. The molecule has 0 aliphatic rings. The van der Waals surface area contributed by atoms with Crippen molar-refractivity contribution in [1.29, 1.82) is 0 Å². The average molecular weight is 456 g/mol. The van der Waals surface area contributed by atoms with Gasteiger partial charge in [-0.15, -0.1) is 0 Å². The van der Waals surface area contributed by atoms with Crippen LogP contribution < -0.4 is 5.32 Å². The highest BCUT2D eigenvalue weighted by atomic mass is 31.2. The predicted octanol–water partition coefficient (Wildman–Crippen LogP) is 7.62. The van der Waals surface area contributed by atoms with Crippen molar-refractivity contribution in [2.75, 3.05) is 5.32 Å². The predicted molar refractivity (Wildman–Crippen MR) is 133 cm³/mol. The van der Waals surface area contributed by atoms with Gasteiger partial charge in [-0.25, -0.2) is 0 Å². The van der Waals surface area contributed by atoms with Crippen LogP contribution >= 0.6 is 7.60 Å². The Balaban J connectivity index is 2.30. The fourth-order valence-corrected chi connectivity index (χ4v) is 6.50. The maximum Gasteiger partial charge on any atom is 0.357 e. The van der Waals surface area contributed by atoms with Gasteiger partial charge in [-0.1, -0.05) is 48.0 Å². The number of anilines is 1. The van der Waals surface area contributed by atoms with Crippen molar-refractivity contribution in [3.8, 4) is 5.75 Å². The highest BCUT2D eigenvalue weighted by molar-refractivity contribution is 7.54. The fourth-order valence-electron chi connectivity index (χ4n) is 4.16. The van der Waals surface area contributed by atoms with E-state index < -0.39 is 13.4 Å². The second kappa shape index (κ2) is 9.66. The molecule has 172 valence electrons. The first-order valence-corrected chi connectivity index (χ1v) is 12.6. The molecular formula is C26H34NO4P. The van der Waals surface area contributed by atoms with Gasteiger partial charge in [0.1, 0.15) is 5.75 Å². The zero-order valence-corrected chi connectivity index (χ0v) is 20.9. The Morgan fingerprint density at radius 3 is 2.00 bits per heavy atom. The summed E-state index contributed by atoms with van der Waals surface area (Å²) in [5, 5.41) is 16.2. The van der Waals surface area contributed by atoms with E-state index in [0.29, 0.717) is 5.56 Å². The molecular weight excluding hydrogens is 421 g/mol. The lowest BCUT2D eigenvalue weighted by molar-refractivity contribution is 0.138. The third-order valence-electron chi connectivity index (χ3n) is 5.21. The summed E-state index contributed by atoms with van der Waals surface area (Å²) in [6.07, 6.45) is -0.664. The Morgan fingerprint density at radius 1 is 0.875 bits per heavy atom. The number of rotatable bonds is 8. The molecule has 0 spiro atoms. The Hall–Kier alpha value is -2.33. The van der Waals surface area contributed by atoms with Gasteiger partial charge in [-0.3, -0.25) is 4.57 Å². The van der Waals surface area contributed by atoms with Crippen molar-refractivity contribution in [2.45, 2.75) is 66.5 Å². The van der Waals surface area contributed by atoms with Gasteiger partial charge in [0.05, 0.1) is 12.2 Å². The molecule has 0 heterocycles. The van der Waals surface area contributed by atoms with Crippen LogP contribution in [0.1, 0.15) is 55.7 Å². The van der Waals surface area contributed by atoms with Gasteiger partial charge in [0.2, 0.25) is 0 Å². The summed E-state index contributed by atoms with van der Waals surface area (Å²) < 4.78 is 26.4. The number of hydrogen-bond donors (Lipinski definition) is 2. The van der Waals surface area contributed by atoms with Gasteiger partial charge < -0.3 is 19.5 Å². The summed E-state index contributed by atoms with van der Waals surface area (Å²) in [7, 11) is -3.78. The lowest BCUT2D eigenvalue weighted by Gasteiger charge is -2.33. The van der Waals surface area contributed by atoms with E-state index in [1.54, 1.807) is 6.07 Å². The van der Waals surface area contributed by atoms with Crippen molar-refractivity contribution < 1.29 is 18.7 Å². The van der Waals surface area contributed by atoms with Crippen LogP contribution in [0.25, 0.3) is 10.8 Å². The van der Waals surface area contributed by atoms with E-state index in [4.69, 9.17) is 9.05 Å². The fraction of sp³-hybridized carbons (Fsp3) is 0.385. The summed E-state index contributed by atoms with van der Waals surface area (Å²) >= 11 is 0. The molecule has 0 saturated carbocycles. The SMILES string of the molecule is Cc1cc(C)c(NC(c2c(O)ccc3ccccc23)P(=O)(OC(C)C)OC(C)C)c(C)c1. The van der Waals surface area contributed by atoms with Gasteiger partial charge >= 0.3 is 7.60 Å². The molecule has 0 radical (unpaired) electrons. The quantitative estimate of drug-likeness (QED) is 0.342. The lowest BCUT2D eigenvalue weighted by atomic mass is 10.0. The third kappa shape index (κ3) is 5.17. The molecule has 0 amide bonds. The normalized spacial score (nSPS) is 13.2. The van der Waals surface area contributed by atoms with Gasteiger partial charge in [0.15, 0.2) is 5.78 Å². The van der Waals surface area contributed by atoms with E-state index in [9.17, 15) is 9.67 Å². The first-order valence-electron chi connectivity index (χ1n) is 11.0. The zero-order valence-electron chi connectivity index (χ0n) is 20.0. The smallest absolute Gasteiger partial charge is 0.357 e. The summed E-state index contributed by atoms with van der Waals surface area (Å²) in [6.45, 7) is 13.4. The third-order valence-corrected chi connectivity index (χ3v) is 7.66. The molecule has 1 atom stereocenters. The molecule has 3 aromatic rings. The first-order chi connectivity index (χ1) is 15.0. The number of phenolic OH excluding ortho intramolecular Hbond substituents is 1. The highest BCUT2D eigenvalue weighted by Crippen LogP contribution is 2.64. The molecule has 5 nitrogen and oxygen atoms in total. The first kappa shape index (κ1) is 24.3. The second-order valence-corrected chi connectivity index (χ2v) is 10.9. The van der Waals surface area contributed by atoms with Crippen LogP contribution in [-0.4, -0.2) is 17.3 Å². The standard InChI is InChI=1S/C26H34NO4P/c1-16(2)30-32(29,31-17(3)4)26(27-25-19(6)14-18(5)15-20(25)7)24-22-11-9-8-10-21(22)12-13-23(24)28/h8-17,26-28H,1-7H3. The second-order valence-electron chi connectivity index (χ2n) is 8.89. The highest BCUT2D eigenvalue weighted by Gasteiger charge is 2.42. The van der Waals surface area contributed by atoms with Crippen LogP contribution in [-0.2, 0) is 13.6 Å². The number of aryl methyl sites for hydroxylation is 3. The van der Waals surface area contributed by atoms with Crippen LogP contribution in [0.3, 0.4) is 0 Å². The molecule has 2 N–H and O–H groups in total. The maximum absolute atomic E-state index is 14.4. The molecule has 0 aromatic heterocycles. The van der Waals surface area contributed by atoms with E-state index in [0.717, 1.165) is 33.2 Å². The largest absolute Gasteiger partial charge is 0.508 e. The molecule has 0 aliphatic heterocycles. The number of phenols is 1. The molecule has 0 bridgehead atoms. The van der Waals surface area contributed by atoms with Crippen molar-refractivity contribution in [1.82, 2.24) is 0 Å². The van der Waals surface area contributed by atoms with Crippen LogP contribution in [0.4, 0.5) is 5.69 Å². The van der Waals surface area contributed by atoms with Gasteiger partial charge in [0.25, 0.3) is 0 Å². The number of nitrogens with one attached hydrogen (secondary N) is 1. The number of aromatic hydroxyl groups is 1. The Kier molecular flexibility index (Phi) is 7.34. The minimum absolute atomic E-state index is 0.0450. The molecule has 0 fully saturated rings. The molecule has 0 saturated heterocycles. The molecule has 3 rings (SSSR count). The number of hydrogen-bond acceptors (Lipinski definition) is 5. The Bertz CT molecular complexity index is 1120. The van der Waals surface area contributed by atoms with E-state index in [-0.39, 0.29) is 18.0 Å².